The molecule has 0 spiro atoms. The second kappa shape index (κ2) is 9.42. The SMILES string of the molecule is O=C(NC[C@@H]1CCCN(Cc2cnc(N3CCOCC3)s2)C1)c1ccc2c(c1)OCO2. The van der Waals surface area contributed by atoms with Crippen molar-refractivity contribution in [2.75, 3.05) is 57.6 Å². The number of anilines is 1. The second-order valence-corrected chi connectivity index (χ2v) is 9.32. The zero-order valence-electron chi connectivity index (χ0n) is 17.5. The van der Waals surface area contributed by atoms with Gasteiger partial charge in [0.05, 0.1) is 13.2 Å². The molecule has 1 atom stereocenters. The van der Waals surface area contributed by atoms with Gasteiger partial charge in [-0.1, -0.05) is 0 Å². The molecule has 2 aromatic rings. The number of likely N-dealkylation sites (tertiary alicyclic amines) is 1. The van der Waals surface area contributed by atoms with Crippen molar-refractivity contribution in [3.8, 4) is 11.5 Å². The molecule has 2 saturated heterocycles. The Morgan fingerprint density at radius 1 is 1.19 bits per heavy atom. The van der Waals surface area contributed by atoms with Crippen LogP contribution >= 0.6 is 11.3 Å². The van der Waals surface area contributed by atoms with Crippen molar-refractivity contribution >= 4 is 22.4 Å². The van der Waals surface area contributed by atoms with Crippen LogP contribution in [0.15, 0.2) is 24.4 Å². The number of piperidine rings is 1. The maximum absolute atomic E-state index is 12.6. The average Bonchev–Trinajstić information content (AvgIpc) is 3.47. The van der Waals surface area contributed by atoms with Gasteiger partial charge in [-0.25, -0.2) is 4.98 Å². The number of ether oxygens (including phenoxy) is 3. The molecule has 31 heavy (non-hydrogen) atoms. The molecule has 3 aliphatic heterocycles. The number of carbonyl (C=O) groups is 1. The highest BCUT2D eigenvalue weighted by molar-refractivity contribution is 7.15. The lowest BCUT2D eigenvalue weighted by Gasteiger charge is -2.32. The molecular formula is C22H28N4O4S. The van der Waals surface area contributed by atoms with Crippen LogP contribution in [0.3, 0.4) is 0 Å². The van der Waals surface area contributed by atoms with E-state index in [9.17, 15) is 4.79 Å². The highest BCUT2D eigenvalue weighted by Crippen LogP contribution is 2.32. The Hall–Kier alpha value is -2.36. The molecule has 1 N–H and O–H groups in total. The first-order valence-electron chi connectivity index (χ1n) is 10.9. The van der Waals surface area contributed by atoms with Gasteiger partial charge in [-0.2, -0.15) is 0 Å². The van der Waals surface area contributed by atoms with E-state index in [0.717, 1.165) is 63.9 Å². The zero-order chi connectivity index (χ0) is 21.0. The van der Waals surface area contributed by atoms with Gasteiger partial charge in [0.2, 0.25) is 6.79 Å². The van der Waals surface area contributed by atoms with Crippen molar-refractivity contribution in [2.45, 2.75) is 19.4 Å². The number of fused-ring (bicyclic) bond motifs is 1. The summed E-state index contributed by atoms with van der Waals surface area (Å²) in [4.78, 5) is 23.3. The number of morpholine rings is 1. The molecule has 0 saturated carbocycles. The predicted octanol–water partition coefficient (Wildman–Crippen LogP) is 2.35. The van der Waals surface area contributed by atoms with Crippen molar-refractivity contribution in [2.24, 2.45) is 5.92 Å². The summed E-state index contributed by atoms with van der Waals surface area (Å²) in [7, 11) is 0. The van der Waals surface area contributed by atoms with Crippen LogP contribution in [0, 0.1) is 5.92 Å². The molecule has 0 radical (unpaired) electrons. The molecule has 5 rings (SSSR count). The Morgan fingerprint density at radius 2 is 2.06 bits per heavy atom. The molecule has 0 bridgehead atoms. The lowest BCUT2D eigenvalue weighted by molar-refractivity contribution is 0.0930. The van der Waals surface area contributed by atoms with Gasteiger partial charge in [0.25, 0.3) is 5.91 Å². The first kappa shape index (κ1) is 20.5. The Bertz CT molecular complexity index is 915. The van der Waals surface area contributed by atoms with E-state index >= 15 is 0 Å². The quantitative estimate of drug-likeness (QED) is 0.733. The van der Waals surface area contributed by atoms with E-state index < -0.39 is 0 Å². The number of rotatable bonds is 6. The van der Waals surface area contributed by atoms with Gasteiger partial charge in [0, 0.05) is 49.4 Å². The molecule has 9 heteroatoms. The van der Waals surface area contributed by atoms with Crippen LogP contribution in [0.2, 0.25) is 0 Å². The Labute approximate surface area is 186 Å². The van der Waals surface area contributed by atoms with Gasteiger partial charge in [0.1, 0.15) is 0 Å². The zero-order valence-corrected chi connectivity index (χ0v) is 18.4. The van der Waals surface area contributed by atoms with E-state index in [1.54, 1.807) is 29.5 Å². The minimum atomic E-state index is -0.0620. The standard InChI is InChI=1S/C22H28N4O4S/c27-21(17-3-4-19-20(10-17)30-15-29-19)23-11-16-2-1-5-25(13-16)14-18-12-24-22(31-18)26-6-8-28-9-7-26/h3-4,10,12,16H,1-2,5-9,11,13-15H2,(H,23,27)/t16-/m0/s1. The van der Waals surface area contributed by atoms with Gasteiger partial charge >= 0.3 is 0 Å². The van der Waals surface area contributed by atoms with Crippen LogP contribution in [0.4, 0.5) is 5.13 Å². The summed E-state index contributed by atoms with van der Waals surface area (Å²) in [6.45, 7) is 7.31. The summed E-state index contributed by atoms with van der Waals surface area (Å²) in [6, 6.07) is 5.33. The first-order chi connectivity index (χ1) is 15.2. The van der Waals surface area contributed by atoms with Gasteiger partial charge in [-0.15, -0.1) is 11.3 Å². The minimum Gasteiger partial charge on any atom is -0.454 e. The summed E-state index contributed by atoms with van der Waals surface area (Å²) in [6.07, 6.45) is 4.31. The molecule has 1 aromatic heterocycles. The number of aromatic nitrogens is 1. The Morgan fingerprint density at radius 3 is 2.97 bits per heavy atom. The van der Waals surface area contributed by atoms with Crippen LogP contribution in [0.1, 0.15) is 28.1 Å². The van der Waals surface area contributed by atoms with Gasteiger partial charge in [-0.3, -0.25) is 9.69 Å². The molecule has 1 aromatic carbocycles. The molecule has 3 aliphatic rings. The van der Waals surface area contributed by atoms with E-state index in [0.29, 0.717) is 29.5 Å². The van der Waals surface area contributed by atoms with Crippen LogP contribution < -0.4 is 19.7 Å². The lowest BCUT2D eigenvalue weighted by Crippen LogP contribution is -2.40. The first-order valence-corrected chi connectivity index (χ1v) is 11.7. The number of hydrogen-bond acceptors (Lipinski definition) is 8. The fourth-order valence-electron chi connectivity index (χ4n) is 4.33. The Balaban J connectivity index is 1.11. The monoisotopic (exact) mass is 444 g/mol. The van der Waals surface area contributed by atoms with Crippen LogP contribution in [0.25, 0.3) is 0 Å². The summed E-state index contributed by atoms with van der Waals surface area (Å²) in [5, 5.41) is 4.20. The number of nitrogens with one attached hydrogen (secondary N) is 1. The minimum absolute atomic E-state index is 0.0620. The van der Waals surface area contributed by atoms with E-state index in [-0.39, 0.29) is 12.7 Å². The van der Waals surface area contributed by atoms with E-state index in [2.05, 4.69) is 20.1 Å². The summed E-state index contributed by atoms with van der Waals surface area (Å²) < 4.78 is 16.1. The predicted molar refractivity (Wildman–Crippen MR) is 118 cm³/mol. The van der Waals surface area contributed by atoms with Crippen molar-refractivity contribution in [1.29, 1.82) is 0 Å². The van der Waals surface area contributed by atoms with E-state index in [1.807, 2.05) is 6.20 Å². The molecule has 166 valence electrons. The molecule has 2 fully saturated rings. The number of hydrogen-bond donors (Lipinski definition) is 1. The molecular weight excluding hydrogens is 416 g/mol. The normalized spacial score (nSPS) is 21.3. The molecule has 1 amide bonds. The maximum Gasteiger partial charge on any atom is 0.251 e. The average molecular weight is 445 g/mol. The highest BCUT2D eigenvalue weighted by atomic mass is 32.1. The summed E-state index contributed by atoms with van der Waals surface area (Å²) in [5.41, 5.74) is 0.609. The van der Waals surface area contributed by atoms with E-state index in [1.165, 1.54) is 4.88 Å². The van der Waals surface area contributed by atoms with Gasteiger partial charge in [-0.05, 0) is 43.5 Å². The number of benzene rings is 1. The van der Waals surface area contributed by atoms with E-state index in [4.69, 9.17) is 14.2 Å². The number of carbonyl (C=O) groups excluding carboxylic acids is 1. The third-order valence-electron chi connectivity index (χ3n) is 5.99. The molecule has 8 nitrogen and oxygen atoms in total. The molecule has 0 aliphatic carbocycles. The van der Waals surface area contributed by atoms with Crippen LogP contribution in [0.5, 0.6) is 11.5 Å². The van der Waals surface area contributed by atoms with Gasteiger partial charge < -0.3 is 24.4 Å². The fourth-order valence-corrected chi connectivity index (χ4v) is 5.33. The number of nitrogens with zero attached hydrogens (tertiary/aromatic N) is 3. The highest BCUT2D eigenvalue weighted by Gasteiger charge is 2.23. The summed E-state index contributed by atoms with van der Waals surface area (Å²) in [5.74, 6) is 1.73. The number of amides is 1. The summed E-state index contributed by atoms with van der Waals surface area (Å²) >= 11 is 1.79. The number of thiazole rings is 1. The topological polar surface area (TPSA) is 76.2 Å². The smallest absolute Gasteiger partial charge is 0.251 e. The van der Waals surface area contributed by atoms with Crippen molar-refractivity contribution in [1.82, 2.24) is 15.2 Å². The molecule has 4 heterocycles. The Kier molecular flexibility index (Phi) is 6.24. The third-order valence-corrected chi connectivity index (χ3v) is 7.03. The lowest BCUT2D eigenvalue weighted by atomic mass is 9.98. The maximum atomic E-state index is 12.6. The third kappa shape index (κ3) is 4.94. The van der Waals surface area contributed by atoms with Crippen molar-refractivity contribution in [3.05, 3.63) is 34.8 Å². The van der Waals surface area contributed by atoms with Crippen LogP contribution in [-0.4, -0.2) is 68.5 Å². The molecule has 0 unspecified atom stereocenters. The second-order valence-electron chi connectivity index (χ2n) is 8.23. The van der Waals surface area contributed by atoms with Crippen LogP contribution in [-0.2, 0) is 11.3 Å². The fraction of sp³-hybridized carbons (Fsp3) is 0.545. The van der Waals surface area contributed by atoms with Crippen molar-refractivity contribution in [3.63, 3.8) is 0 Å². The largest absolute Gasteiger partial charge is 0.454 e. The van der Waals surface area contributed by atoms with Gasteiger partial charge in [0.15, 0.2) is 16.6 Å². The van der Waals surface area contributed by atoms with Crippen molar-refractivity contribution < 1.29 is 19.0 Å².